The fraction of sp³-hybridized carbons (Fsp3) is 0.400. The average molecular weight is 287 g/mol. The van der Waals surface area contributed by atoms with Crippen molar-refractivity contribution in [1.82, 2.24) is 5.43 Å². The van der Waals surface area contributed by atoms with Crippen molar-refractivity contribution in [2.24, 2.45) is 5.10 Å². The molecule has 0 radical (unpaired) electrons. The summed E-state index contributed by atoms with van der Waals surface area (Å²) >= 11 is 0. The second-order valence-corrected chi connectivity index (χ2v) is 4.89. The van der Waals surface area contributed by atoms with Crippen LogP contribution in [0.2, 0.25) is 0 Å². The number of nitriles is 1. The van der Waals surface area contributed by atoms with Crippen LogP contribution in [0, 0.1) is 11.3 Å². The molecule has 1 fully saturated rings. The van der Waals surface area contributed by atoms with E-state index >= 15 is 0 Å². The van der Waals surface area contributed by atoms with Crippen molar-refractivity contribution in [2.45, 2.75) is 25.6 Å². The number of amides is 1. The standard InChI is InChI=1S/C15H17N3O3/c1-15(20-7-2-8-21-15)9-14(19)18-17-11-13-5-3-12(10-16)4-6-13/h3-6,11H,2,7-9H2,1H3,(H,18,19)/b17-11+. The van der Waals surface area contributed by atoms with Crippen LogP contribution >= 0.6 is 0 Å². The van der Waals surface area contributed by atoms with E-state index in [0.29, 0.717) is 18.8 Å². The molecule has 1 amide bonds. The van der Waals surface area contributed by atoms with Gasteiger partial charge in [0, 0.05) is 0 Å². The second kappa shape index (κ2) is 6.97. The first-order chi connectivity index (χ1) is 10.1. The quantitative estimate of drug-likeness (QED) is 0.672. The van der Waals surface area contributed by atoms with Crippen LogP contribution in [0.25, 0.3) is 0 Å². The molecule has 0 bridgehead atoms. The molecule has 1 N–H and O–H groups in total. The van der Waals surface area contributed by atoms with Crippen molar-refractivity contribution in [1.29, 1.82) is 5.26 Å². The van der Waals surface area contributed by atoms with E-state index in [9.17, 15) is 4.79 Å². The predicted octanol–water partition coefficient (Wildman–Crippen LogP) is 1.55. The molecule has 1 aliphatic heterocycles. The van der Waals surface area contributed by atoms with E-state index in [4.69, 9.17) is 14.7 Å². The molecule has 0 saturated carbocycles. The molecule has 0 aliphatic carbocycles. The highest BCUT2D eigenvalue weighted by Crippen LogP contribution is 2.21. The van der Waals surface area contributed by atoms with E-state index in [-0.39, 0.29) is 12.3 Å². The first kappa shape index (κ1) is 15.2. The molecule has 110 valence electrons. The summed E-state index contributed by atoms with van der Waals surface area (Å²) in [6, 6.07) is 8.92. The van der Waals surface area contributed by atoms with Gasteiger partial charge in [-0.3, -0.25) is 4.79 Å². The maximum atomic E-state index is 11.8. The fourth-order valence-corrected chi connectivity index (χ4v) is 1.93. The van der Waals surface area contributed by atoms with Crippen molar-refractivity contribution in [3.63, 3.8) is 0 Å². The van der Waals surface area contributed by atoms with Crippen LogP contribution < -0.4 is 5.43 Å². The highest BCUT2D eigenvalue weighted by molar-refractivity contribution is 5.82. The van der Waals surface area contributed by atoms with Gasteiger partial charge in [-0.25, -0.2) is 5.43 Å². The summed E-state index contributed by atoms with van der Waals surface area (Å²) < 4.78 is 10.9. The van der Waals surface area contributed by atoms with E-state index in [1.54, 1.807) is 31.2 Å². The summed E-state index contributed by atoms with van der Waals surface area (Å²) in [5.41, 5.74) is 3.81. The number of hydrazone groups is 1. The van der Waals surface area contributed by atoms with Gasteiger partial charge in [0.1, 0.15) is 0 Å². The highest BCUT2D eigenvalue weighted by Gasteiger charge is 2.31. The van der Waals surface area contributed by atoms with E-state index in [2.05, 4.69) is 10.5 Å². The number of hydrogen-bond acceptors (Lipinski definition) is 5. The minimum absolute atomic E-state index is 0.0950. The summed E-state index contributed by atoms with van der Waals surface area (Å²) in [7, 11) is 0. The molecule has 21 heavy (non-hydrogen) atoms. The number of benzene rings is 1. The number of hydrogen-bond donors (Lipinski definition) is 1. The molecule has 1 saturated heterocycles. The summed E-state index contributed by atoms with van der Waals surface area (Å²) in [4.78, 5) is 11.8. The number of ether oxygens (including phenoxy) is 2. The normalized spacial score (nSPS) is 17.3. The first-order valence-electron chi connectivity index (χ1n) is 6.71. The SMILES string of the molecule is CC1(CC(=O)N/N=C/c2ccc(C#N)cc2)OCCCO1. The Balaban J connectivity index is 1.82. The lowest BCUT2D eigenvalue weighted by Gasteiger charge is -2.33. The Morgan fingerprint density at radius 3 is 2.71 bits per heavy atom. The smallest absolute Gasteiger partial charge is 0.245 e. The second-order valence-electron chi connectivity index (χ2n) is 4.89. The van der Waals surface area contributed by atoms with Crippen LogP contribution in [-0.2, 0) is 14.3 Å². The minimum atomic E-state index is -0.869. The molecule has 0 unspecified atom stereocenters. The van der Waals surface area contributed by atoms with Crippen LogP contribution in [0.15, 0.2) is 29.4 Å². The third-order valence-electron chi connectivity index (χ3n) is 3.03. The summed E-state index contributed by atoms with van der Waals surface area (Å²) in [6.07, 6.45) is 2.45. The summed E-state index contributed by atoms with van der Waals surface area (Å²) in [5, 5.41) is 12.6. The van der Waals surface area contributed by atoms with Gasteiger partial charge < -0.3 is 9.47 Å². The maximum Gasteiger partial charge on any atom is 0.245 e. The van der Waals surface area contributed by atoms with E-state index in [1.807, 2.05) is 6.07 Å². The minimum Gasteiger partial charge on any atom is -0.350 e. The van der Waals surface area contributed by atoms with Gasteiger partial charge in [-0.2, -0.15) is 10.4 Å². The molecule has 1 aromatic carbocycles. The molecule has 0 atom stereocenters. The van der Waals surface area contributed by atoms with Crippen LogP contribution in [0.3, 0.4) is 0 Å². The molecular formula is C15H17N3O3. The Bertz CT molecular complexity index is 555. The first-order valence-corrected chi connectivity index (χ1v) is 6.71. The average Bonchev–Trinajstić information content (AvgIpc) is 2.48. The number of carbonyl (C=O) groups is 1. The largest absolute Gasteiger partial charge is 0.350 e. The number of carbonyl (C=O) groups excluding carboxylic acids is 1. The molecule has 0 spiro atoms. The van der Waals surface area contributed by atoms with Crippen LogP contribution in [-0.4, -0.2) is 31.1 Å². The lowest BCUT2D eigenvalue weighted by molar-refractivity contribution is -0.256. The maximum absolute atomic E-state index is 11.8. The Hall–Kier alpha value is -2.23. The van der Waals surface area contributed by atoms with Gasteiger partial charge in [0.15, 0.2) is 5.79 Å². The Labute approximate surface area is 123 Å². The van der Waals surface area contributed by atoms with Gasteiger partial charge in [0.25, 0.3) is 0 Å². The van der Waals surface area contributed by atoms with Crippen molar-refractivity contribution in [2.75, 3.05) is 13.2 Å². The summed E-state index contributed by atoms with van der Waals surface area (Å²) in [5.74, 6) is -1.14. The Morgan fingerprint density at radius 2 is 2.10 bits per heavy atom. The van der Waals surface area contributed by atoms with Crippen molar-refractivity contribution < 1.29 is 14.3 Å². The number of rotatable bonds is 4. The van der Waals surface area contributed by atoms with Crippen molar-refractivity contribution in [3.8, 4) is 6.07 Å². The molecule has 6 heteroatoms. The fourth-order valence-electron chi connectivity index (χ4n) is 1.93. The number of nitrogens with zero attached hydrogens (tertiary/aromatic N) is 2. The molecule has 2 rings (SSSR count). The van der Waals surface area contributed by atoms with Gasteiger partial charge in [0.05, 0.1) is 37.5 Å². The molecular weight excluding hydrogens is 270 g/mol. The van der Waals surface area contributed by atoms with Crippen molar-refractivity contribution in [3.05, 3.63) is 35.4 Å². The van der Waals surface area contributed by atoms with Gasteiger partial charge in [-0.05, 0) is 31.0 Å². The zero-order chi connectivity index (χ0) is 15.1. The van der Waals surface area contributed by atoms with Crippen molar-refractivity contribution >= 4 is 12.1 Å². The molecule has 1 aromatic rings. The topological polar surface area (TPSA) is 83.7 Å². The highest BCUT2D eigenvalue weighted by atomic mass is 16.7. The van der Waals surface area contributed by atoms with Gasteiger partial charge in [0.2, 0.25) is 5.91 Å². The third-order valence-corrected chi connectivity index (χ3v) is 3.03. The van der Waals surface area contributed by atoms with Crippen LogP contribution in [0.1, 0.15) is 30.9 Å². The zero-order valence-corrected chi connectivity index (χ0v) is 11.8. The van der Waals surface area contributed by atoms with E-state index in [1.165, 1.54) is 6.21 Å². The lowest BCUT2D eigenvalue weighted by Crippen LogP contribution is -2.41. The molecule has 1 aliphatic rings. The predicted molar refractivity (Wildman–Crippen MR) is 76.4 cm³/mol. The monoisotopic (exact) mass is 287 g/mol. The molecule has 1 heterocycles. The Kier molecular flexibility index (Phi) is 5.04. The molecule has 6 nitrogen and oxygen atoms in total. The molecule has 0 aromatic heterocycles. The van der Waals surface area contributed by atoms with Crippen LogP contribution in [0.5, 0.6) is 0 Å². The van der Waals surface area contributed by atoms with Gasteiger partial charge in [-0.1, -0.05) is 12.1 Å². The van der Waals surface area contributed by atoms with Gasteiger partial charge >= 0.3 is 0 Å². The Morgan fingerprint density at radius 1 is 1.43 bits per heavy atom. The lowest BCUT2D eigenvalue weighted by atomic mass is 10.2. The number of nitrogens with one attached hydrogen (secondary N) is 1. The summed E-state index contributed by atoms with van der Waals surface area (Å²) in [6.45, 7) is 2.94. The van der Waals surface area contributed by atoms with Crippen LogP contribution in [0.4, 0.5) is 0 Å². The van der Waals surface area contributed by atoms with E-state index < -0.39 is 5.79 Å². The third kappa shape index (κ3) is 4.67. The van der Waals surface area contributed by atoms with Gasteiger partial charge in [-0.15, -0.1) is 0 Å². The van der Waals surface area contributed by atoms with E-state index in [0.717, 1.165) is 12.0 Å². The zero-order valence-electron chi connectivity index (χ0n) is 11.8.